The fourth-order valence-corrected chi connectivity index (χ4v) is 3.53. The van der Waals surface area contributed by atoms with Gasteiger partial charge in [-0.3, -0.25) is 4.90 Å². The molecule has 1 N–H and O–H groups in total. The third kappa shape index (κ3) is 4.36. The molecule has 1 saturated carbocycles. The van der Waals surface area contributed by atoms with E-state index in [2.05, 4.69) is 51.6 Å². The van der Waals surface area contributed by atoms with E-state index in [0.29, 0.717) is 6.04 Å². The van der Waals surface area contributed by atoms with Gasteiger partial charge in [0.25, 0.3) is 0 Å². The minimum atomic E-state index is 0.650. The summed E-state index contributed by atoms with van der Waals surface area (Å²) in [6.07, 6.45) is 3.96. The molecule has 1 aliphatic rings. The Morgan fingerprint density at radius 1 is 1.59 bits per heavy atom. The molecular weight excluding hydrogens is 296 g/mol. The molecule has 0 spiro atoms. The Kier molecular flexibility index (Phi) is 5.03. The zero-order valence-electron chi connectivity index (χ0n) is 10.6. The first-order valence-electron chi connectivity index (χ1n) is 6.35. The predicted octanol–water partition coefficient (Wildman–Crippen LogP) is 3.47. The average molecular weight is 317 g/mol. The lowest BCUT2D eigenvalue weighted by atomic mass is 10.2. The maximum atomic E-state index is 3.63. The summed E-state index contributed by atoms with van der Waals surface area (Å²) in [7, 11) is 2.23. The number of nitrogens with zero attached hydrogens (tertiary/aromatic N) is 1. The minimum absolute atomic E-state index is 0.650. The number of hydrogen-bond donors (Lipinski definition) is 1. The molecule has 17 heavy (non-hydrogen) atoms. The first kappa shape index (κ1) is 13.5. The zero-order chi connectivity index (χ0) is 12.3. The van der Waals surface area contributed by atoms with Crippen LogP contribution in [-0.2, 0) is 6.54 Å². The Morgan fingerprint density at radius 2 is 2.35 bits per heavy atom. The van der Waals surface area contributed by atoms with Gasteiger partial charge in [0, 0.05) is 39.9 Å². The number of hydrogen-bond acceptors (Lipinski definition) is 3. The minimum Gasteiger partial charge on any atom is -0.312 e. The van der Waals surface area contributed by atoms with Crippen LogP contribution in [0.5, 0.6) is 0 Å². The third-order valence-corrected chi connectivity index (χ3v) is 5.02. The van der Waals surface area contributed by atoms with Crippen molar-refractivity contribution < 1.29 is 0 Å². The molecule has 4 heteroatoms. The van der Waals surface area contributed by atoms with Gasteiger partial charge in [-0.1, -0.05) is 6.92 Å². The van der Waals surface area contributed by atoms with Gasteiger partial charge in [-0.15, -0.1) is 11.3 Å². The van der Waals surface area contributed by atoms with Crippen LogP contribution in [0, 0.1) is 0 Å². The summed E-state index contributed by atoms with van der Waals surface area (Å²) in [6.45, 7) is 4.46. The van der Waals surface area contributed by atoms with Crippen molar-refractivity contribution in [3.05, 3.63) is 20.8 Å². The molecular formula is C13H21BrN2S. The Balaban J connectivity index is 1.80. The summed E-state index contributed by atoms with van der Waals surface area (Å²) in [6, 6.07) is 3.69. The number of rotatable bonds is 7. The van der Waals surface area contributed by atoms with Crippen molar-refractivity contribution in [3.8, 4) is 0 Å². The first-order chi connectivity index (χ1) is 8.19. The van der Waals surface area contributed by atoms with Crippen LogP contribution in [0.25, 0.3) is 0 Å². The molecule has 1 atom stereocenters. The van der Waals surface area contributed by atoms with Crippen LogP contribution < -0.4 is 5.32 Å². The Morgan fingerprint density at radius 3 is 2.88 bits per heavy atom. The van der Waals surface area contributed by atoms with Crippen molar-refractivity contribution in [2.24, 2.45) is 0 Å². The monoisotopic (exact) mass is 316 g/mol. The van der Waals surface area contributed by atoms with E-state index in [4.69, 9.17) is 0 Å². The molecule has 0 aliphatic heterocycles. The molecule has 0 bridgehead atoms. The van der Waals surface area contributed by atoms with Gasteiger partial charge in [0.2, 0.25) is 0 Å². The lowest BCUT2D eigenvalue weighted by Crippen LogP contribution is -2.39. The molecule has 1 aliphatic carbocycles. The lowest BCUT2D eigenvalue weighted by molar-refractivity contribution is 0.223. The maximum Gasteiger partial charge on any atom is 0.0328 e. The van der Waals surface area contributed by atoms with E-state index in [1.807, 2.05) is 11.3 Å². The highest BCUT2D eigenvalue weighted by Gasteiger charge is 2.22. The van der Waals surface area contributed by atoms with Gasteiger partial charge in [-0.05, 0) is 48.3 Å². The maximum absolute atomic E-state index is 3.63. The Bertz CT molecular complexity index is 349. The van der Waals surface area contributed by atoms with Gasteiger partial charge in [0.1, 0.15) is 0 Å². The summed E-state index contributed by atoms with van der Waals surface area (Å²) < 4.78 is 1.20. The number of nitrogens with one attached hydrogen (secondary N) is 1. The summed E-state index contributed by atoms with van der Waals surface area (Å²) in [4.78, 5) is 3.90. The quantitative estimate of drug-likeness (QED) is 0.828. The molecule has 0 aromatic carbocycles. The van der Waals surface area contributed by atoms with E-state index < -0.39 is 0 Å². The molecule has 1 heterocycles. The number of halogens is 1. The van der Waals surface area contributed by atoms with E-state index in [0.717, 1.165) is 19.1 Å². The highest BCUT2D eigenvalue weighted by molar-refractivity contribution is 9.10. The van der Waals surface area contributed by atoms with Crippen molar-refractivity contribution in [1.82, 2.24) is 10.2 Å². The molecule has 96 valence electrons. The van der Waals surface area contributed by atoms with Gasteiger partial charge >= 0.3 is 0 Å². The average Bonchev–Trinajstić information content (AvgIpc) is 3.03. The van der Waals surface area contributed by atoms with Gasteiger partial charge in [0.05, 0.1) is 0 Å². The molecule has 1 aromatic heterocycles. The molecule has 2 nitrogen and oxygen atoms in total. The van der Waals surface area contributed by atoms with E-state index >= 15 is 0 Å². The molecule has 1 fully saturated rings. The molecule has 1 aromatic rings. The topological polar surface area (TPSA) is 15.3 Å². The standard InChI is InChI=1S/C13H21BrN2S/c1-3-12(7-15-11-4-5-11)16(2)8-13-6-10(14)9-17-13/h6,9,11-12,15H,3-5,7-8H2,1-2H3. The normalized spacial score (nSPS) is 17.6. The first-order valence-corrected chi connectivity index (χ1v) is 8.03. The molecule has 1 unspecified atom stereocenters. The van der Waals surface area contributed by atoms with Gasteiger partial charge in [-0.2, -0.15) is 0 Å². The summed E-state index contributed by atoms with van der Waals surface area (Å²) >= 11 is 5.35. The van der Waals surface area contributed by atoms with Gasteiger partial charge < -0.3 is 5.32 Å². The number of likely N-dealkylation sites (N-methyl/N-ethyl adjacent to an activating group) is 1. The predicted molar refractivity (Wildman–Crippen MR) is 78.6 cm³/mol. The van der Waals surface area contributed by atoms with Crippen molar-refractivity contribution in [3.63, 3.8) is 0 Å². The van der Waals surface area contributed by atoms with E-state index in [-0.39, 0.29) is 0 Å². The van der Waals surface area contributed by atoms with Gasteiger partial charge in [-0.25, -0.2) is 0 Å². The van der Waals surface area contributed by atoms with Crippen LogP contribution in [0.3, 0.4) is 0 Å². The van der Waals surface area contributed by atoms with Crippen LogP contribution in [0.2, 0.25) is 0 Å². The van der Waals surface area contributed by atoms with Crippen molar-refractivity contribution in [2.75, 3.05) is 13.6 Å². The van der Waals surface area contributed by atoms with E-state index in [9.17, 15) is 0 Å². The highest BCUT2D eigenvalue weighted by atomic mass is 79.9. The van der Waals surface area contributed by atoms with Crippen LogP contribution in [-0.4, -0.2) is 30.6 Å². The fraction of sp³-hybridized carbons (Fsp3) is 0.692. The fourth-order valence-electron chi connectivity index (χ4n) is 2.01. The summed E-state index contributed by atoms with van der Waals surface area (Å²) in [5.41, 5.74) is 0. The zero-order valence-corrected chi connectivity index (χ0v) is 13.0. The smallest absolute Gasteiger partial charge is 0.0328 e. The number of thiophene rings is 1. The van der Waals surface area contributed by atoms with Crippen LogP contribution >= 0.6 is 27.3 Å². The summed E-state index contributed by atoms with van der Waals surface area (Å²) in [5.74, 6) is 0. The van der Waals surface area contributed by atoms with E-state index in [1.54, 1.807) is 0 Å². The summed E-state index contributed by atoms with van der Waals surface area (Å²) in [5, 5.41) is 5.79. The Hall–Kier alpha value is 0.1000. The SMILES string of the molecule is CCC(CNC1CC1)N(C)Cc1cc(Br)cs1. The van der Waals surface area contributed by atoms with Crippen molar-refractivity contribution in [2.45, 2.75) is 44.8 Å². The largest absolute Gasteiger partial charge is 0.312 e. The lowest BCUT2D eigenvalue weighted by Gasteiger charge is -2.27. The highest BCUT2D eigenvalue weighted by Crippen LogP contribution is 2.22. The van der Waals surface area contributed by atoms with E-state index in [1.165, 1.54) is 28.6 Å². The third-order valence-electron chi connectivity index (χ3n) is 3.34. The van der Waals surface area contributed by atoms with Gasteiger partial charge in [0.15, 0.2) is 0 Å². The molecule has 0 saturated heterocycles. The second-order valence-electron chi connectivity index (χ2n) is 4.89. The van der Waals surface area contributed by atoms with Crippen LogP contribution in [0.4, 0.5) is 0 Å². The molecule has 2 rings (SSSR count). The Labute approximate surface area is 117 Å². The second kappa shape index (κ2) is 6.32. The molecule has 0 amide bonds. The molecule has 0 radical (unpaired) electrons. The van der Waals surface area contributed by atoms with Crippen molar-refractivity contribution >= 4 is 27.3 Å². The van der Waals surface area contributed by atoms with Crippen LogP contribution in [0.1, 0.15) is 31.1 Å². The second-order valence-corrected chi connectivity index (χ2v) is 6.80. The van der Waals surface area contributed by atoms with Crippen molar-refractivity contribution in [1.29, 1.82) is 0 Å². The van der Waals surface area contributed by atoms with Crippen LogP contribution in [0.15, 0.2) is 15.9 Å².